The van der Waals surface area contributed by atoms with Crippen LogP contribution >= 0.6 is 0 Å². The van der Waals surface area contributed by atoms with E-state index in [0.717, 1.165) is 26.1 Å². The molecule has 1 fully saturated rings. The summed E-state index contributed by atoms with van der Waals surface area (Å²) in [6, 6.07) is 15.3. The minimum atomic E-state index is 0.172. The SMILES string of the molecule is CC(=O)N1C[C@@H](c2c[nH]c3ccccc23)[C@H](c2cn3c4c(cccc24)CCC3)C1. The molecule has 4 aromatic rings. The second-order valence-corrected chi connectivity index (χ2v) is 8.62. The summed E-state index contributed by atoms with van der Waals surface area (Å²) in [5, 5.41) is 2.66. The summed E-state index contributed by atoms with van der Waals surface area (Å²) in [6.45, 7) is 4.37. The molecule has 2 atom stereocenters. The van der Waals surface area contributed by atoms with Crippen molar-refractivity contribution >= 4 is 27.7 Å². The standard InChI is InChI=1S/C25H25N3O/c1-16(29)28-14-22(20-12-26-24-10-3-2-8-18(20)24)23(15-28)21-13-27-11-5-7-17-6-4-9-19(21)25(17)27/h2-4,6,8-10,12-13,22-23,26H,5,7,11,14-15H2,1H3/t22-,23-/m0/s1. The van der Waals surface area contributed by atoms with Crippen LogP contribution in [0.5, 0.6) is 0 Å². The highest BCUT2D eigenvalue weighted by molar-refractivity contribution is 5.89. The first-order valence-corrected chi connectivity index (χ1v) is 10.6. The van der Waals surface area contributed by atoms with Gasteiger partial charge in [0.15, 0.2) is 0 Å². The number of amides is 1. The molecular formula is C25H25N3O. The predicted octanol–water partition coefficient (Wildman–Crippen LogP) is 4.80. The van der Waals surface area contributed by atoms with Crippen LogP contribution < -0.4 is 0 Å². The van der Waals surface area contributed by atoms with E-state index in [4.69, 9.17) is 0 Å². The molecule has 0 bridgehead atoms. The number of para-hydroxylation sites is 2. The molecule has 1 saturated heterocycles. The van der Waals surface area contributed by atoms with Gasteiger partial charge in [-0.15, -0.1) is 0 Å². The van der Waals surface area contributed by atoms with Crippen LogP contribution in [0.4, 0.5) is 0 Å². The van der Waals surface area contributed by atoms with E-state index in [1.54, 1.807) is 6.92 Å². The Morgan fingerprint density at radius 3 is 2.66 bits per heavy atom. The number of aromatic amines is 1. The highest BCUT2D eigenvalue weighted by Crippen LogP contribution is 2.45. The molecule has 4 heterocycles. The first-order valence-electron chi connectivity index (χ1n) is 10.6. The summed E-state index contributed by atoms with van der Waals surface area (Å²) in [5.74, 6) is 0.791. The molecule has 4 nitrogen and oxygen atoms in total. The number of hydrogen-bond donors (Lipinski definition) is 1. The molecule has 2 aromatic heterocycles. The van der Waals surface area contributed by atoms with Crippen LogP contribution in [0.15, 0.2) is 54.9 Å². The van der Waals surface area contributed by atoms with Gasteiger partial charge in [-0.3, -0.25) is 4.79 Å². The molecule has 4 heteroatoms. The fourth-order valence-electron chi connectivity index (χ4n) is 5.67. The third-order valence-corrected chi connectivity index (χ3v) is 7.04. The highest BCUT2D eigenvalue weighted by Gasteiger charge is 2.38. The molecule has 0 aliphatic carbocycles. The number of nitrogens with one attached hydrogen (secondary N) is 1. The minimum absolute atomic E-state index is 0.172. The molecule has 1 N–H and O–H groups in total. The Kier molecular flexibility index (Phi) is 3.64. The summed E-state index contributed by atoms with van der Waals surface area (Å²) in [7, 11) is 0. The Labute approximate surface area is 170 Å². The maximum Gasteiger partial charge on any atom is 0.219 e. The molecule has 2 aromatic carbocycles. The van der Waals surface area contributed by atoms with Crippen LogP contribution in [0.1, 0.15) is 41.9 Å². The molecule has 2 aliphatic rings. The van der Waals surface area contributed by atoms with Gasteiger partial charge in [0.25, 0.3) is 0 Å². The fourth-order valence-corrected chi connectivity index (χ4v) is 5.67. The Morgan fingerprint density at radius 2 is 1.79 bits per heavy atom. The van der Waals surface area contributed by atoms with E-state index < -0.39 is 0 Å². The van der Waals surface area contributed by atoms with Crippen molar-refractivity contribution in [1.29, 1.82) is 0 Å². The molecule has 0 unspecified atom stereocenters. The normalized spacial score (nSPS) is 21.3. The van der Waals surface area contributed by atoms with Crippen LogP contribution in [-0.4, -0.2) is 33.4 Å². The Morgan fingerprint density at radius 1 is 1.00 bits per heavy atom. The Bertz CT molecular complexity index is 1250. The van der Waals surface area contributed by atoms with Crippen molar-refractivity contribution in [2.75, 3.05) is 13.1 Å². The van der Waals surface area contributed by atoms with Crippen LogP contribution in [0.2, 0.25) is 0 Å². The molecule has 2 aliphatic heterocycles. The van der Waals surface area contributed by atoms with Crippen molar-refractivity contribution in [1.82, 2.24) is 14.5 Å². The topological polar surface area (TPSA) is 41.0 Å². The zero-order valence-electron chi connectivity index (χ0n) is 16.7. The Hall–Kier alpha value is -3.01. The summed E-state index contributed by atoms with van der Waals surface area (Å²) in [5.41, 5.74) is 6.78. The number of carbonyl (C=O) groups excluding carboxylic acids is 1. The van der Waals surface area contributed by atoms with Gasteiger partial charge < -0.3 is 14.5 Å². The number of benzene rings is 2. The second-order valence-electron chi connectivity index (χ2n) is 8.62. The van der Waals surface area contributed by atoms with Crippen molar-refractivity contribution in [2.45, 2.75) is 38.1 Å². The largest absolute Gasteiger partial charge is 0.361 e. The van der Waals surface area contributed by atoms with Crippen molar-refractivity contribution in [3.05, 3.63) is 71.5 Å². The molecule has 146 valence electrons. The first kappa shape index (κ1) is 16.9. The van der Waals surface area contributed by atoms with Gasteiger partial charge in [-0.1, -0.05) is 36.4 Å². The van der Waals surface area contributed by atoms with Crippen molar-refractivity contribution in [2.24, 2.45) is 0 Å². The van der Waals surface area contributed by atoms with Gasteiger partial charge >= 0.3 is 0 Å². The van der Waals surface area contributed by atoms with E-state index >= 15 is 0 Å². The molecule has 6 rings (SSSR count). The van der Waals surface area contributed by atoms with Crippen molar-refractivity contribution < 1.29 is 4.79 Å². The number of fused-ring (bicyclic) bond motifs is 1. The van der Waals surface area contributed by atoms with Gasteiger partial charge in [-0.05, 0) is 35.6 Å². The molecule has 0 radical (unpaired) electrons. The Balaban J connectivity index is 1.53. The number of aromatic nitrogens is 2. The molecule has 1 amide bonds. The number of likely N-dealkylation sites (tertiary alicyclic amines) is 1. The summed E-state index contributed by atoms with van der Waals surface area (Å²) in [4.78, 5) is 17.8. The lowest BCUT2D eigenvalue weighted by atomic mass is 9.83. The lowest BCUT2D eigenvalue weighted by Gasteiger charge is -2.17. The van der Waals surface area contributed by atoms with Crippen LogP contribution in [0.25, 0.3) is 21.8 Å². The van der Waals surface area contributed by atoms with E-state index in [0.29, 0.717) is 11.8 Å². The number of rotatable bonds is 2. The minimum Gasteiger partial charge on any atom is -0.361 e. The highest BCUT2D eigenvalue weighted by atomic mass is 16.2. The third-order valence-electron chi connectivity index (χ3n) is 7.04. The summed E-state index contributed by atoms with van der Waals surface area (Å²) in [6.07, 6.45) is 6.91. The van der Waals surface area contributed by atoms with Gasteiger partial charge in [-0.25, -0.2) is 0 Å². The summed E-state index contributed by atoms with van der Waals surface area (Å²) >= 11 is 0. The van der Waals surface area contributed by atoms with Crippen LogP contribution in [0.3, 0.4) is 0 Å². The second kappa shape index (κ2) is 6.24. The van der Waals surface area contributed by atoms with E-state index in [1.807, 2.05) is 4.90 Å². The van der Waals surface area contributed by atoms with Crippen LogP contribution in [0, 0.1) is 0 Å². The van der Waals surface area contributed by atoms with Crippen molar-refractivity contribution in [3.63, 3.8) is 0 Å². The van der Waals surface area contributed by atoms with E-state index in [-0.39, 0.29) is 5.91 Å². The monoisotopic (exact) mass is 383 g/mol. The first-order chi connectivity index (χ1) is 14.2. The summed E-state index contributed by atoms with van der Waals surface area (Å²) < 4.78 is 2.45. The fraction of sp³-hybridized carbons (Fsp3) is 0.320. The number of H-pyrrole nitrogens is 1. The lowest BCUT2D eigenvalue weighted by Crippen LogP contribution is -2.25. The molecule has 0 saturated carbocycles. The van der Waals surface area contributed by atoms with Gasteiger partial charge in [0.1, 0.15) is 0 Å². The van der Waals surface area contributed by atoms with Crippen molar-refractivity contribution in [3.8, 4) is 0 Å². The zero-order chi connectivity index (χ0) is 19.5. The van der Waals surface area contributed by atoms with Gasteiger partial charge in [0.2, 0.25) is 5.91 Å². The number of hydrogen-bond acceptors (Lipinski definition) is 1. The van der Waals surface area contributed by atoms with Gasteiger partial charge in [-0.2, -0.15) is 0 Å². The number of carbonyl (C=O) groups is 1. The average molecular weight is 383 g/mol. The van der Waals surface area contributed by atoms with E-state index in [9.17, 15) is 4.79 Å². The smallest absolute Gasteiger partial charge is 0.219 e. The average Bonchev–Trinajstić information content (AvgIpc) is 3.44. The quantitative estimate of drug-likeness (QED) is 0.531. The molecular weight excluding hydrogens is 358 g/mol. The van der Waals surface area contributed by atoms with Crippen LogP contribution in [-0.2, 0) is 17.8 Å². The maximum atomic E-state index is 12.3. The zero-order valence-corrected chi connectivity index (χ0v) is 16.7. The molecule has 0 spiro atoms. The van der Waals surface area contributed by atoms with Gasteiger partial charge in [0, 0.05) is 67.1 Å². The molecule has 29 heavy (non-hydrogen) atoms. The van der Waals surface area contributed by atoms with E-state index in [1.165, 1.54) is 44.9 Å². The number of aryl methyl sites for hydroxylation is 2. The maximum absolute atomic E-state index is 12.3. The predicted molar refractivity (Wildman–Crippen MR) is 116 cm³/mol. The third kappa shape index (κ3) is 2.48. The number of nitrogens with zero attached hydrogens (tertiary/aromatic N) is 2. The lowest BCUT2D eigenvalue weighted by molar-refractivity contribution is -0.127. The van der Waals surface area contributed by atoms with E-state index in [2.05, 4.69) is 64.4 Å². The van der Waals surface area contributed by atoms with Gasteiger partial charge in [0.05, 0.1) is 5.52 Å².